The lowest BCUT2D eigenvalue weighted by Crippen LogP contribution is -2.39. The average Bonchev–Trinajstić information content (AvgIpc) is 2.91. The minimum Gasteiger partial charge on any atom is -0.466 e. The molecule has 1 N–H and O–H groups in total. The highest BCUT2D eigenvalue weighted by Gasteiger charge is 2.34. The van der Waals surface area contributed by atoms with E-state index in [1.54, 1.807) is 31.2 Å². The molecule has 1 heterocycles. The van der Waals surface area contributed by atoms with E-state index in [2.05, 4.69) is 10.1 Å². The maximum Gasteiger partial charge on any atom is 0.221 e. The third-order valence-corrected chi connectivity index (χ3v) is 3.24. The zero-order valence-electron chi connectivity index (χ0n) is 10.8. The summed E-state index contributed by atoms with van der Waals surface area (Å²) in [5.41, 5.74) is -1.06. The quantitative estimate of drug-likeness (QED) is 0.915. The van der Waals surface area contributed by atoms with Gasteiger partial charge in [0.15, 0.2) is 0 Å². The predicted molar refractivity (Wildman–Crippen MR) is 72.1 cm³/mol. The van der Waals surface area contributed by atoms with Gasteiger partial charge in [0.2, 0.25) is 6.23 Å². The molecule has 2 aromatic rings. The van der Waals surface area contributed by atoms with Gasteiger partial charge in [-0.05, 0) is 37.6 Å². The number of ether oxygens (including phenoxy) is 1. The van der Waals surface area contributed by atoms with Gasteiger partial charge in [0.1, 0.15) is 24.0 Å². The third-order valence-electron chi connectivity index (χ3n) is 2.99. The molecule has 0 radical (unpaired) electrons. The molecule has 6 heteroatoms. The molecule has 2 rings (SSSR count). The molecule has 0 aliphatic carbocycles. The Morgan fingerprint density at radius 2 is 2.11 bits per heavy atom. The highest BCUT2D eigenvalue weighted by atomic mass is 35.5. The minimum atomic E-state index is -1.06. The van der Waals surface area contributed by atoms with Crippen LogP contribution in [0.25, 0.3) is 0 Å². The standard InChI is InChI=1S/C13H16ClN3O2/c1-3-13(2,18)12(17-9-15-8-16-17)19-11-6-4-10(14)5-7-11/h4-9,12,18H,3H2,1-2H3. The van der Waals surface area contributed by atoms with E-state index in [1.807, 2.05) is 6.92 Å². The van der Waals surface area contributed by atoms with Crippen molar-refractivity contribution >= 4 is 11.6 Å². The van der Waals surface area contributed by atoms with E-state index >= 15 is 0 Å². The summed E-state index contributed by atoms with van der Waals surface area (Å²) in [6.45, 7) is 3.59. The summed E-state index contributed by atoms with van der Waals surface area (Å²) in [6.07, 6.45) is 2.79. The molecule has 0 bridgehead atoms. The number of benzene rings is 1. The molecule has 102 valence electrons. The van der Waals surface area contributed by atoms with Gasteiger partial charge in [0, 0.05) is 5.02 Å². The summed E-state index contributed by atoms with van der Waals surface area (Å²) < 4.78 is 7.32. The van der Waals surface area contributed by atoms with Crippen LogP contribution in [0, 0.1) is 0 Å². The smallest absolute Gasteiger partial charge is 0.221 e. The van der Waals surface area contributed by atoms with Crippen molar-refractivity contribution in [2.24, 2.45) is 0 Å². The average molecular weight is 282 g/mol. The van der Waals surface area contributed by atoms with Crippen LogP contribution in [-0.2, 0) is 0 Å². The van der Waals surface area contributed by atoms with Crippen molar-refractivity contribution in [2.75, 3.05) is 0 Å². The number of hydrogen-bond donors (Lipinski definition) is 1. The number of nitrogens with zero attached hydrogens (tertiary/aromatic N) is 3. The van der Waals surface area contributed by atoms with Crippen LogP contribution >= 0.6 is 11.6 Å². The predicted octanol–water partition coefficient (Wildman–Crippen LogP) is 2.67. The van der Waals surface area contributed by atoms with Crippen molar-refractivity contribution in [1.29, 1.82) is 0 Å². The van der Waals surface area contributed by atoms with Gasteiger partial charge in [-0.3, -0.25) is 0 Å². The number of aliphatic hydroxyl groups is 1. The largest absolute Gasteiger partial charge is 0.466 e. The van der Waals surface area contributed by atoms with Crippen molar-refractivity contribution in [2.45, 2.75) is 32.1 Å². The van der Waals surface area contributed by atoms with Crippen molar-refractivity contribution in [3.05, 3.63) is 41.9 Å². The van der Waals surface area contributed by atoms with Crippen LogP contribution in [0.5, 0.6) is 5.75 Å². The Bertz CT molecular complexity index is 511. The Labute approximate surface area is 116 Å². The van der Waals surface area contributed by atoms with Gasteiger partial charge in [0.25, 0.3) is 0 Å². The fraction of sp³-hybridized carbons (Fsp3) is 0.385. The van der Waals surface area contributed by atoms with Gasteiger partial charge in [-0.2, -0.15) is 5.10 Å². The Morgan fingerprint density at radius 3 is 2.63 bits per heavy atom. The Kier molecular flexibility index (Phi) is 4.07. The van der Waals surface area contributed by atoms with Crippen molar-refractivity contribution in [1.82, 2.24) is 14.8 Å². The maximum atomic E-state index is 10.4. The molecular formula is C13H16ClN3O2. The number of aromatic nitrogens is 3. The van der Waals surface area contributed by atoms with Crippen molar-refractivity contribution < 1.29 is 9.84 Å². The lowest BCUT2D eigenvalue weighted by atomic mass is 10.0. The van der Waals surface area contributed by atoms with Crippen LogP contribution in [0.4, 0.5) is 0 Å². The molecule has 0 aliphatic rings. The second-order valence-electron chi connectivity index (χ2n) is 4.51. The van der Waals surface area contributed by atoms with E-state index < -0.39 is 11.8 Å². The monoisotopic (exact) mass is 281 g/mol. The molecule has 1 aromatic carbocycles. The van der Waals surface area contributed by atoms with Gasteiger partial charge in [0.05, 0.1) is 0 Å². The first-order valence-corrected chi connectivity index (χ1v) is 6.39. The summed E-state index contributed by atoms with van der Waals surface area (Å²) in [6, 6.07) is 6.96. The first-order valence-electron chi connectivity index (χ1n) is 6.01. The van der Waals surface area contributed by atoms with Gasteiger partial charge in [-0.15, -0.1) is 0 Å². The van der Waals surface area contributed by atoms with Crippen LogP contribution < -0.4 is 4.74 Å². The van der Waals surface area contributed by atoms with E-state index in [4.69, 9.17) is 16.3 Å². The Morgan fingerprint density at radius 1 is 1.42 bits per heavy atom. The molecule has 1 aromatic heterocycles. The number of hydrogen-bond acceptors (Lipinski definition) is 4. The minimum absolute atomic E-state index is 0.519. The Hall–Kier alpha value is -1.59. The molecule has 0 aliphatic heterocycles. The molecule has 5 nitrogen and oxygen atoms in total. The number of halogens is 1. The topological polar surface area (TPSA) is 60.2 Å². The normalized spacial score (nSPS) is 15.8. The molecule has 0 spiro atoms. The highest BCUT2D eigenvalue weighted by Crippen LogP contribution is 2.29. The van der Waals surface area contributed by atoms with Crippen LogP contribution in [0.1, 0.15) is 26.5 Å². The summed E-state index contributed by atoms with van der Waals surface area (Å²) in [4.78, 5) is 3.89. The molecule has 2 atom stereocenters. The third kappa shape index (κ3) is 3.24. The molecule has 2 unspecified atom stereocenters. The van der Waals surface area contributed by atoms with Gasteiger partial charge in [-0.25, -0.2) is 9.67 Å². The SMILES string of the molecule is CCC(C)(O)C(Oc1ccc(Cl)cc1)n1cncn1. The van der Waals surface area contributed by atoms with Crippen LogP contribution in [0.15, 0.2) is 36.9 Å². The van der Waals surface area contributed by atoms with Gasteiger partial charge >= 0.3 is 0 Å². The van der Waals surface area contributed by atoms with Crippen LogP contribution in [0.2, 0.25) is 5.02 Å². The number of rotatable bonds is 5. The second kappa shape index (κ2) is 5.59. The lowest BCUT2D eigenvalue weighted by Gasteiger charge is -2.31. The summed E-state index contributed by atoms with van der Waals surface area (Å²) in [5, 5.41) is 15.1. The van der Waals surface area contributed by atoms with E-state index in [0.717, 1.165) is 0 Å². The molecule has 0 saturated carbocycles. The maximum absolute atomic E-state index is 10.4. The first-order chi connectivity index (χ1) is 9.03. The first kappa shape index (κ1) is 13.8. The summed E-state index contributed by atoms with van der Waals surface area (Å²) >= 11 is 5.83. The molecule has 0 fully saturated rings. The van der Waals surface area contributed by atoms with Crippen LogP contribution in [0.3, 0.4) is 0 Å². The molecule has 19 heavy (non-hydrogen) atoms. The summed E-state index contributed by atoms with van der Waals surface area (Å²) in [7, 11) is 0. The van der Waals surface area contributed by atoms with E-state index in [1.165, 1.54) is 17.3 Å². The molecular weight excluding hydrogens is 266 g/mol. The van der Waals surface area contributed by atoms with Crippen LogP contribution in [-0.4, -0.2) is 25.5 Å². The van der Waals surface area contributed by atoms with E-state index in [0.29, 0.717) is 17.2 Å². The van der Waals surface area contributed by atoms with E-state index in [9.17, 15) is 5.11 Å². The van der Waals surface area contributed by atoms with Crippen molar-refractivity contribution in [3.8, 4) is 5.75 Å². The second-order valence-corrected chi connectivity index (χ2v) is 4.95. The van der Waals surface area contributed by atoms with E-state index in [-0.39, 0.29) is 0 Å². The lowest BCUT2D eigenvalue weighted by molar-refractivity contribution is -0.0941. The van der Waals surface area contributed by atoms with Crippen molar-refractivity contribution in [3.63, 3.8) is 0 Å². The highest BCUT2D eigenvalue weighted by molar-refractivity contribution is 6.30. The zero-order chi connectivity index (χ0) is 13.9. The summed E-state index contributed by atoms with van der Waals surface area (Å²) in [5.74, 6) is 0.610. The van der Waals surface area contributed by atoms with Gasteiger partial charge in [-0.1, -0.05) is 18.5 Å². The molecule has 0 saturated heterocycles. The zero-order valence-corrected chi connectivity index (χ0v) is 11.6. The fourth-order valence-electron chi connectivity index (χ4n) is 1.62. The fourth-order valence-corrected chi connectivity index (χ4v) is 1.75. The molecule has 0 amide bonds. The van der Waals surface area contributed by atoms with Gasteiger partial charge < -0.3 is 9.84 Å². The Balaban J connectivity index is 2.26.